The SMILES string of the molecule is C=CC1CN(C(=O)CNC(=O)c2ccc(Nc3nccn4c(-c5cn(CC#N)nc5C(F)(F)F)cnc34)cc2CC)C1. The number of aryl methyl sites for hydroxylation is 1. The van der Waals surface area contributed by atoms with Crippen LogP contribution in [0.25, 0.3) is 16.9 Å². The predicted molar refractivity (Wildman–Crippen MR) is 147 cm³/mol. The van der Waals surface area contributed by atoms with Gasteiger partial charge in [-0.3, -0.25) is 18.7 Å². The summed E-state index contributed by atoms with van der Waals surface area (Å²) >= 11 is 0. The third-order valence-corrected chi connectivity index (χ3v) is 6.96. The molecule has 1 aliphatic heterocycles. The maximum Gasteiger partial charge on any atom is 0.435 e. The van der Waals surface area contributed by atoms with Gasteiger partial charge in [-0.05, 0) is 30.2 Å². The van der Waals surface area contributed by atoms with Crippen LogP contribution in [0.1, 0.15) is 28.5 Å². The number of anilines is 2. The van der Waals surface area contributed by atoms with Crippen molar-refractivity contribution >= 4 is 29.0 Å². The zero-order valence-electron chi connectivity index (χ0n) is 22.5. The lowest BCUT2D eigenvalue weighted by Crippen LogP contribution is -2.52. The normalized spacial score (nSPS) is 13.5. The molecule has 4 aromatic rings. The highest BCUT2D eigenvalue weighted by molar-refractivity contribution is 5.98. The van der Waals surface area contributed by atoms with Gasteiger partial charge in [0.2, 0.25) is 5.91 Å². The molecule has 0 spiro atoms. The molecule has 1 fully saturated rings. The number of carbonyl (C=O) groups is 2. The largest absolute Gasteiger partial charge is 0.435 e. The van der Waals surface area contributed by atoms with Gasteiger partial charge in [0.15, 0.2) is 17.2 Å². The molecule has 5 rings (SSSR count). The van der Waals surface area contributed by atoms with Gasteiger partial charge < -0.3 is 15.5 Å². The molecule has 0 radical (unpaired) electrons. The Balaban J connectivity index is 1.36. The van der Waals surface area contributed by atoms with Crippen molar-refractivity contribution in [3.63, 3.8) is 0 Å². The van der Waals surface area contributed by atoms with Crippen LogP contribution in [0.4, 0.5) is 24.7 Å². The smallest absolute Gasteiger partial charge is 0.343 e. The van der Waals surface area contributed by atoms with Gasteiger partial charge in [-0.25, -0.2) is 9.97 Å². The second-order valence-corrected chi connectivity index (χ2v) is 9.69. The molecule has 216 valence electrons. The lowest BCUT2D eigenvalue weighted by Gasteiger charge is -2.37. The number of amides is 2. The minimum Gasteiger partial charge on any atom is -0.343 e. The number of hydrogen-bond donors (Lipinski definition) is 2. The van der Waals surface area contributed by atoms with Crippen LogP contribution >= 0.6 is 0 Å². The van der Waals surface area contributed by atoms with Crippen LogP contribution in [0.3, 0.4) is 0 Å². The van der Waals surface area contributed by atoms with E-state index >= 15 is 0 Å². The topological polar surface area (TPSA) is 133 Å². The molecule has 3 aromatic heterocycles. The second-order valence-electron chi connectivity index (χ2n) is 9.69. The van der Waals surface area contributed by atoms with Gasteiger partial charge in [0.25, 0.3) is 5.91 Å². The van der Waals surface area contributed by atoms with E-state index in [0.29, 0.717) is 30.8 Å². The first-order valence-corrected chi connectivity index (χ1v) is 13.1. The second kappa shape index (κ2) is 11.4. The van der Waals surface area contributed by atoms with Crippen molar-refractivity contribution in [3.8, 4) is 17.3 Å². The molecular weight excluding hydrogens is 551 g/mol. The molecule has 11 nitrogen and oxygen atoms in total. The summed E-state index contributed by atoms with van der Waals surface area (Å²) in [6.07, 6.45) is 2.94. The number of carbonyl (C=O) groups excluding carboxylic acids is 2. The van der Waals surface area contributed by atoms with Crippen LogP contribution in [0, 0.1) is 17.2 Å². The monoisotopic (exact) mass is 577 g/mol. The van der Waals surface area contributed by atoms with Crippen molar-refractivity contribution < 1.29 is 22.8 Å². The van der Waals surface area contributed by atoms with Crippen molar-refractivity contribution in [2.45, 2.75) is 26.1 Å². The number of hydrogen-bond acceptors (Lipinski definition) is 7. The molecule has 2 amide bonds. The Kier molecular flexibility index (Phi) is 7.66. The van der Waals surface area contributed by atoms with Crippen LogP contribution in [-0.2, 0) is 23.9 Å². The molecule has 1 saturated heterocycles. The lowest BCUT2D eigenvalue weighted by molar-refractivity contribution is -0.141. The van der Waals surface area contributed by atoms with Crippen molar-refractivity contribution in [3.05, 3.63) is 72.5 Å². The number of alkyl halides is 3. The minimum atomic E-state index is -4.74. The fourth-order valence-electron chi connectivity index (χ4n) is 4.73. The van der Waals surface area contributed by atoms with Gasteiger partial charge >= 0.3 is 6.18 Å². The van der Waals surface area contributed by atoms with Gasteiger partial charge in [-0.1, -0.05) is 13.0 Å². The molecule has 1 aromatic carbocycles. The van der Waals surface area contributed by atoms with Gasteiger partial charge in [0.05, 0.1) is 30.1 Å². The zero-order valence-corrected chi connectivity index (χ0v) is 22.5. The Labute approximate surface area is 238 Å². The summed E-state index contributed by atoms with van der Waals surface area (Å²) < 4.78 is 43.6. The van der Waals surface area contributed by atoms with E-state index in [-0.39, 0.29) is 53.5 Å². The molecule has 1 aliphatic rings. The van der Waals surface area contributed by atoms with E-state index in [1.54, 1.807) is 29.2 Å². The third-order valence-electron chi connectivity index (χ3n) is 6.96. The highest BCUT2D eigenvalue weighted by atomic mass is 19.4. The first kappa shape index (κ1) is 28.3. The lowest BCUT2D eigenvalue weighted by atomic mass is 10.0. The van der Waals surface area contributed by atoms with Crippen LogP contribution in [0.5, 0.6) is 0 Å². The summed E-state index contributed by atoms with van der Waals surface area (Å²) in [6.45, 7) is 6.37. The Hall–Kier alpha value is -5.19. The van der Waals surface area contributed by atoms with Crippen LogP contribution in [0.15, 0.2) is 55.6 Å². The number of nitriles is 1. The van der Waals surface area contributed by atoms with E-state index in [1.165, 1.54) is 23.0 Å². The van der Waals surface area contributed by atoms with Crippen LogP contribution in [0.2, 0.25) is 0 Å². The first-order chi connectivity index (χ1) is 20.1. The summed E-state index contributed by atoms with van der Waals surface area (Å²) in [4.78, 5) is 35.4. The Morgan fingerprint density at radius 2 is 2.05 bits per heavy atom. The molecule has 0 atom stereocenters. The molecular formula is C28H26F3N9O2. The van der Waals surface area contributed by atoms with E-state index in [0.717, 1.165) is 16.4 Å². The maximum atomic E-state index is 13.7. The van der Waals surface area contributed by atoms with E-state index in [9.17, 15) is 22.8 Å². The predicted octanol–water partition coefficient (Wildman–Crippen LogP) is 3.82. The Morgan fingerprint density at radius 1 is 1.26 bits per heavy atom. The highest BCUT2D eigenvalue weighted by Crippen LogP contribution is 2.37. The Morgan fingerprint density at radius 3 is 2.74 bits per heavy atom. The number of imidazole rings is 1. The first-order valence-electron chi connectivity index (χ1n) is 13.1. The van der Waals surface area contributed by atoms with E-state index in [4.69, 9.17) is 5.26 Å². The fourth-order valence-corrected chi connectivity index (χ4v) is 4.73. The molecule has 2 N–H and O–H groups in total. The number of aromatic nitrogens is 5. The Bertz CT molecular complexity index is 1710. The van der Waals surface area contributed by atoms with Gasteiger partial charge in [-0.2, -0.15) is 23.5 Å². The zero-order chi connectivity index (χ0) is 30.0. The highest BCUT2D eigenvalue weighted by Gasteiger charge is 2.38. The average Bonchev–Trinajstić information content (AvgIpc) is 3.56. The summed E-state index contributed by atoms with van der Waals surface area (Å²) in [6, 6.07) is 6.86. The molecule has 4 heterocycles. The summed E-state index contributed by atoms with van der Waals surface area (Å²) in [5, 5.41) is 18.3. The van der Waals surface area contributed by atoms with E-state index in [1.807, 2.05) is 13.0 Å². The number of fused-ring (bicyclic) bond motifs is 1. The number of nitrogens with zero attached hydrogens (tertiary/aromatic N) is 7. The number of likely N-dealkylation sites (tertiary alicyclic amines) is 1. The number of halogens is 3. The average molecular weight is 578 g/mol. The van der Waals surface area contributed by atoms with Crippen molar-refractivity contribution in [1.82, 2.24) is 34.4 Å². The number of nitrogens with one attached hydrogen (secondary N) is 2. The quantitative estimate of drug-likeness (QED) is 0.289. The molecule has 0 saturated carbocycles. The van der Waals surface area contributed by atoms with Crippen molar-refractivity contribution in [2.24, 2.45) is 5.92 Å². The van der Waals surface area contributed by atoms with E-state index < -0.39 is 11.9 Å². The van der Waals surface area contributed by atoms with Gasteiger partial charge in [0, 0.05) is 48.8 Å². The summed E-state index contributed by atoms with van der Waals surface area (Å²) in [5.41, 5.74) is 0.762. The third kappa shape index (κ3) is 5.53. The molecule has 14 heteroatoms. The van der Waals surface area contributed by atoms with Crippen molar-refractivity contribution in [2.75, 3.05) is 25.0 Å². The number of rotatable bonds is 9. The fraction of sp³-hybridized carbons (Fsp3) is 0.286. The van der Waals surface area contributed by atoms with E-state index in [2.05, 4.69) is 32.3 Å². The molecule has 0 aliphatic carbocycles. The standard InChI is InChI=1S/C28H26F3N9O2/c1-3-17-14-38(15-17)23(41)13-35-27(42)20-6-5-19(11-18(20)4-2)36-25-26-34-12-22(40(26)10-8-33-25)21-16-39(9-7-32)37-24(21)28(29,30)31/h3,5-6,8,10-12,16-17H,1,4,9,13-15H2,2H3,(H,33,36)(H,35,42). The summed E-state index contributed by atoms with van der Waals surface area (Å²) in [7, 11) is 0. The van der Waals surface area contributed by atoms with Crippen molar-refractivity contribution in [1.29, 1.82) is 5.26 Å². The molecule has 42 heavy (non-hydrogen) atoms. The number of benzene rings is 1. The van der Waals surface area contributed by atoms with Gasteiger partial charge in [-0.15, -0.1) is 6.58 Å². The van der Waals surface area contributed by atoms with Crippen LogP contribution < -0.4 is 10.6 Å². The van der Waals surface area contributed by atoms with Crippen LogP contribution in [-0.4, -0.2) is 60.5 Å². The molecule has 0 unspecified atom stereocenters. The maximum absolute atomic E-state index is 13.7. The molecule has 0 bridgehead atoms. The van der Waals surface area contributed by atoms with Gasteiger partial charge in [0.1, 0.15) is 6.54 Å². The minimum absolute atomic E-state index is 0.106. The summed E-state index contributed by atoms with van der Waals surface area (Å²) in [5.74, 6) is 0.0360.